The van der Waals surface area contributed by atoms with Crippen molar-refractivity contribution in [3.63, 3.8) is 0 Å². The molecule has 106 valence electrons. The largest absolute Gasteiger partial charge is 0.466 e. The molecule has 2 heteroatoms. The highest BCUT2D eigenvalue weighted by molar-refractivity contribution is 5.81. The average molecular weight is 262 g/mol. The van der Waals surface area contributed by atoms with Crippen molar-refractivity contribution in [2.75, 3.05) is 7.11 Å². The first-order chi connectivity index (χ1) is 9.26. The molecule has 0 aromatic rings. The van der Waals surface area contributed by atoms with Gasteiger partial charge in [-0.2, -0.15) is 0 Å². The van der Waals surface area contributed by atoms with Crippen molar-refractivity contribution in [2.45, 2.75) is 45.4 Å². The van der Waals surface area contributed by atoms with E-state index in [-0.39, 0.29) is 5.97 Å². The number of hydrogen-bond donors (Lipinski definition) is 0. The maximum Gasteiger partial charge on any atom is 0.330 e. The highest BCUT2D eigenvalue weighted by atomic mass is 16.5. The number of carbonyl (C=O) groups excluding carboxylic acids is 1. The third-order valence-corrected chi connectivity index (χ3v) is 5.02. The van der Waals surface area contributed by atoms with Gasteiger partial charge < -0.3 is 4.74 Å². The van der Waals surface area contributed by atoms with Gasteiger partial charge in [0.1, 0.15) is 0 Å². The van der Waals surface area contributed by atoms with E-state index in [9.17, 15) is 4.79 Å². The molecule has 0 unspecified atom stereocenters. The SMILES string of the molecule is CC[C@H]1C2CCC(CC2)[C@@H]1/C=C\C/C=C/C(=O)OC. The van der Waals surface area contributed by atoms with Gasteiger partial charge in [-0.1, -0.05) is 31.6 Å². The zero-order chi connectivity index (χ0) is 13.7. The molecule has 3 aliphatic rings. The highest BCUT2D eigenvalue weighted by Crippen LogP contribution is 2.50. The Labute approximate surface area is 116 Å². The van der Waals surface area contributed by atoms with E-state index >= 15 is 0 Å². The number of hydrogen-bond acceptors (Lipinski definition) is 2. The maximum atomic E-state index is 10.9. The topological polar surface area (TPSA) is 26.3 Å². The van der Waals surface area contributed by atoms with Gasteiger partial charge in [0.15, 0.2) is 0 Å². The fourth-order valence-corrected chi connectivity index (χ4v) is 4.07. The van der Waals surface area contributed by atoms with Crippen LogP contribution in [0.1, 0.15) is 45.4 Å². The molecule has 2 bridgehead atoms. The summed E-state index contributed by atoms with van der Waals surface area (Å²) >= 11 is 0. The lowest BCUT2D eigenvalue weighted by Gasteiger charge is -2.47. The first kappa shape index (κ1) is 14.4. The summed E-state index contributed by atoms with van der Waals surface area (Å²) < 4.78 is 4.57. The Morgan fingerprint density at radius 2 is 1.84 bits per heavy atom. The normalized spacial score (nSPS) is 34.2. The third kappa shape index (κ3) is 3.49. The smallest absolute Gasteiger partial charge is 0.330 e. The summed E-state index contributed by atoms with van der Waals surface area (Å²) in [6.45, 7) is 2.34. The minimum absolute atomic E-state index is 0.267. The van der Waals surface area contributed by atoms with Crippen LogP contribution < -0.4 is 0 Å². The Morgan fingerprint density at radius 1 is 1.16 bits per heavy atom. The van der Waals surface area contributed by atoms with E-state index in [1.807, 2.05) is 6.08 Å². The van der Waals surface area contributed by atoms with E-state index in [2.05, 4.69) is 23.8 Å². The maximum absolute atomic E-state index is 10.9. The lowest BCUT2D eigenvalue weighted by Crippen LogP contribution is -2.38. The van der Waals surface area contributed by atoms with Crippen LogP contribution in [0.2, 0.25) is 0 Å². The van der Waals surface area contributed by atoms with Crippen LogP contribution in [0.25, 0.3) is 0 Å². The molecule has 2 atom stereocenters. The molecule has 3 saturated carbocycles. The molecule has 0 spiro atoms. The van der Waals surface area contributed by atoms with Crippen LogP contribution in [0.15, 0.2) is 24.3 Å². The molecule has 3 rings (SSSR count). The Bertz CT molecular complexity index is 348. The van der Waals surface area contributed by atoms with Crippen LogP contribution in [0, 0.1) is 23.7 Å². The molecular weight excluding hydrogens is 236 g/mol. The molecule has 2 nitrogen and oxygen atoms in total. The molecule has 0 radical (unpaired) electrons. The van der Waals surface area contributed by atoms with Gasteiger partial charge in [0.25, 0.3) is 0 Å². The van der Waals surface area contributed by atoms with Gasteiger partial charge in [-0.25, -0.2) is 4.79 Å². The monoisotopic (exact) mass is 262 g/mol. The minimum Gasteiger partial charge on any atom is -0.466 e. The zero-order valence-corrected chi connectivity index (χ0v) is 12.2. The van der Waals surface area contributed by atoms with Gasteiger partial charge in [0.2, 0.25) is 0 Å². The van der Waals surface area contributed by atoms with E-state index in [1.54, 1.807) is 0 Å². The van der Waals surface area contributed by atoms with Crippen molar-refractivity contribution in [2.24, 2.45) is 23.7 Å². The van der Waals surface area contributed by atoms with E-state index in [0.29, 0.717) is 0 Å². The van der Waals surface area contributed by atoms with Gasteiger partial charge in [-0.3, -0.25) is 0 Å². The summed E-state index contributed by atoms with van der Waals surface area (Å²) in [5.74, 6) is 3.29. The number of carbonyl (C=O) groups is 1. The number of methoxy groups -OCH3 is 1. The number of rotatable bonds is 5. The first-order valence-electron chi connectivity index (χ1n) is 7.67. The molecular formula is C17H26O2. The number of esters is 1. The van der Waals surface area contributed by atoms with E-state index in [1.165, 1.54) is 45.3 Å². The van der Waals surface area contributed by atoms with E-state index in [4.69, 9.17) is 0 Å². The third-order valence-electron chi connectivity index (χ3n) is 5.02. The van der Waals surface area contributed by atoms with Crippen molar-refractivity contribution in [1.29, 1.82) is 0 Å². The van der Waals surface area contributed by atoms with Crippen molar-refractivity contribution in [1.82, 2.24) is 0 Å². The van der Waals surface area contributed by atoms with Crippen LogP contribution in [0.5, 0.6) is 0 Å². The lowest BCUT2D eigenvalue weighted by atomic mass is 9.58. The molecule has 19 heavy (non-hydrogen) atoms. The standard InChI is InChI=1S/C17H26O2/c1-3-15-13-9-11-14(12-10-13)16(15)7-5-4-6-8-17(18)19-2/h5-8,13-16H,3-4,9-12H2,1-2H3/b7-5-,8-6+/t13?,14?,15-,16-/m0/s1. The molecule has 0 N–H and O–H groups in total. The summed E-state index contributed by atoms with van der Waals surface area (Å²) in [6, 6.07) is 0. The molecule has 3 aliphatic carbocycles. The number of allylic oxidation sites excluding steroid dienone is 3. The van der Waals surface area contributed by atoms with Gasteiger partial charge in [0, 0.05) is 6.08 Å². The van der Waals surface area contributed by atoms with Crippen molar-refractivity contribution in [3.8, 4) is 0 Å². The van der Waals surface area contributed by atoms with Gasteiger partial charge in [-0.05, 0) is 55.8 Å². The summed E-state index contributed by atoms with van der Waals surface area (Å²) in [5.41, 5.74) is 0. The molecule has 0 saturated heterocycles. The second kappa shape index (κ2) is 6.93. The summed E-state index contributed by atoms with van der Waals surface area (Å²) in [6.07, 6.45) is 15.9. The number of fused-ring (bicyclic) bond motifs is 3. The molecule has 0 amide bonds. The highest BCUT2D eigenvalue weighted by Gasteiger charge is 2.40. The summed E-state index contributed by atoms with van der Waals surface area (Å²) in [7, 11) is 1.41. The Balaban J connectivity index is 1.87. The Morgan fingerprint density at radius 3 is 2.47 bits per heavy atom. The Kier molecular flexibility index (Phi) is 5.24. The molecule has 3 fully saturated rings. The average Bonchev–Trinajstić information content (AvgIpc) is 2.47. The van der Waals surface area contributed by atoms with Crippen molar-refractivity contribution >= 4 is 5.97 Å². The fourth-order valence-electron chi connectivity index (χ4n) is 4.07. The van der Waals surface area contributed by atoms with Gasteiger partial charge in [0.05, 0.1) is 7.11 Å². The second-order valence-corrected chi connectivity index (χ2v) is 5.91. The molecule has 0 aliphatic heterocycles. The zero-order valence-electron chi connectivity index (χ0n) is 12.2. The van der Waals surface area contributed by atoms with Crippen LogP contribution in [0.4, 0.5) is 0 Å². The van der Waals surface area contributed by atoms with Gasteiger partial charge in [-0.15, -0.1) is 0 Å². The van der Waals surface area contributed by atoms with E-state index in [0.717, 1.165) is 30.1 Å². The quantitative estimate of drug-likeness (QED) is 0.423. The van der Waals surface area contributed by atoms with Crippen LogP contribution in [-0.2, 0) is 9.53 Å². The molecule has 0 heterocycles. The van der Waals surface area contributed by atoms with E-state index < -0.39 is 0 Å². The first-order valence-corrected chi connectivity index (χ1v) is 7.67. The second-order valence-electron chi connectivity index (χ2n) is 5.91. The molecule has 0 aromatic carbocycles. The summed E-state index contributed by atoms with van der Waals surface area (Å²) in [4.78, 5) is 10.9. The Hall–Kier alpha value is -1.05. The summed E-state index contributed by atoms with van der Waals surface area (Å²) in [5, 5.41) is 0. The predicted octanol–water partition coefficient (Wildman–Crippen LogP) is 4.12. The predicted molar refractivity (Wildman–Crippen MR) is 77.6 cm³/mol. The van der Waals surface area contributed by atoms with Crippen LogP contribution in [-0.4, -0.2) is 13.1 Å². The van der Waals surface area contributed by atoms with Crippen molar-refractivity contribution < 1.29 is 9.53 Å². The lowest BCUT2D eigenvalue weighted by molar-refractivity contribution is -0.134. The van der Waals surface area contributed by atoms with Gasteiger partial charge >= 0.3 is 5.97 Å². The van der Waals surface area contributed by atoms with Crippen LogP contribution >= 0.6 is 0 Å². The molecule has 0 aromatic heterocycles. The minimum atomic E-state index is -0.267. The van der Waals surface area contributed by atoms with Crippen molar-refractivity contribution in [3.05, 3.63) is 24.3 Å². The number of ether oxygens (including phenoxy) is 1. The van der Waals surface area contributed by atoms with Crippen LogP contribution in [0.3, 0.4) is 0 Å². The fraction of sp³-hybridized carbons (Fsp3) is 0.706.